The van der Waals surface area contributed by atoms with Crippen molar-refractivity contribution < 1.29 is 14.7 Å². The second-order valence-electron chi connectivity index (χ2n) is 4.47. The Morgan fingerprint density at radius 2 is 1.71 bits per heavy atom. The van der Waals surface area contributed by atoms with Crippen molar-refractivity contribution in [2.45, 2.75) is 0 Å². The van der Waals surface area contributed by atoms with Crippen LogP contribution in [0.1, 0.15) is 0 Å². The SMILES string of the molecule is CN(O)C(=O)C=CCOc1ccc(-c2ccccc2)cc1. The van der Waals surface area contributed by atoms with Crippen molar-refractivity contribution in [1.82, 2.24) is 5.06 Å². The smallest absolute Gasteiger partial charge is 0.269 e. The van der Waals surface area contributed by atoms with Crippen molar-refractivity contribution in [2.75, 3.05) is 13.7 Å². The van der Waals surface area contributed by atoms with Gasteiger partial charge in [0.1, 0.15) is 12.4 Å². The molecule has 0 saturated heterocycles. The van der Waals surface area contributed by atoms with E-state index in [1.54, 1.807) is 6.08 Å². The average molecular weight is 283 g/mol. The molecular weight excluding hydrogens is 266 g/mol. The zero-order chi connectivity index (χ0) is 15.1. The second kappa shape index (κ2) is 7.26. The molecule has 0 aliphatic rings. The van der Waals surface area contributed by atoms with E-state index in [-0.39, 0.29) is 6.61 Å². The predicted octanol–water partition coefficient (Wildman–Crippen LogP) is 3.14. The molecule has 2 aromatic carbocycles. The summed E-state index contributed by atoms with van der Waals surface area (Å²) in [6.07, 6.45) is 2.82. The van der Waals surface area contributed by atoms with Gasteiger partial charge < -0.3 is 4.74 Å². The highest BCUT2D eigenvalue weighted by atomic mass is 16.5. The zero-order valence-corrected chi connectivity index (χ0v) is 11.8. The summed E-state index contributed by atoms with van der Waals surface area (Å²) in [6.45, 7) is 0.268. The minimum Gasteiger partial charge on any atom is -0.490 e. The van der Waals surface area contributed by atoms with E-state index in [1.807, 2.05) is 42.5 Å². The molecule has 0 aliphatic heterocycles. The average Bonchev–Trinajstić information content (AvgIpc) is 2.52. The van der Waals surface area contributed by atoms with Gasteiger partial charge in [0, 0.05) is 13.1 Å². The first-order valence-electron chi connectivity index (χ1n) is 6.58. The Kier molecular flexibility index (Phi) is 5.12. The summed E-state index contributed by atoms with van der Waals surface area (Å²) in [5.74, 6) is 0.238. The molecule has 0 saturated carbocycles. The minimum absolute atomic E-state index is 0.268. The lowest BCUT2D eigenvalue weighted by molar-refractivity contribution is -0.153. The third-order valence-corrected chi connectivity index (χ3v) is 2.89. The predicted molar refractivity (Wildman–Crippen MR) is 81.1 cm³/mol. The molecule has 0 radical (unpaired) electrons. The maximum absolute atomic E-state index is 11.1. The first-order valence-corrected chi connectivity index (χ1v) is 6.58. The molecule has 0 unspecified atom stereocenters. The number of ether oxygens (including phenoxy) is 1. The van der Waals surface area contributed by atoms with Gasteiger partial charge in [-0.15, -0.1) is 0 Å². The molecule has 4 heteroatoms. The molecule has 2 rings (SSSR count). The van der Waals surface area contributed by atoms with Crippen LogP contribution in [0.25, 0.3) is 11.1 Å². The molecule has 21 heavy (non-hydrogen) atoms. The van der Waals surface area contributed by atoms with Gasteiger partial charge in [0.15, 0.2) is 0 Å². The maximum atomic E-state index is 11.1. The molecule has 0 atom stereocenters. The number of hydroxylamine groups is 2. The molecule has 0 spiro atoms. The fraction of sp³-hybridized carbons (Fsp3) is 0.118. The molecule has 0 heterocycles. The van der Waals surface area contributed by atoms with E-state index >= 15 is 0 Å². The van der Waals surface area contributed by atoms with Crippen molar-refractivity contribution in [1.29, 1.82) is 0 Å². The molecule has 1 amide bonds. The molecule has 108 valence electrons. The Morgan fingerprint density at radius 1 is 1.10 bits per heavy atom. The van der Waals surface area contributed by atoms with Crippen LogP contribution in [0, 0.1) is 0 Å². The number of likely N-dealkylation sites (N-methyl/N-ethyl adjacent to an activating group) is 1. The van der Waals surface area contributed by atoms with E-state index in [4.69, 9.17) is 9.94 Å². The molecule has 0 fully saturated rings. The fourth-order valence-corrected chi connectivity index (χ4v) is 1.78. The Labute approximate surface area is 123 Å². The van der Waals surface area contributed by atoms with Gasteiger partial charge in [-0.2, -0.15) is 0 Å². The van der Waals surface area contributed by atoms with Gasteiger partial charge >= 0.3 is 0 Å². The summed E-state index contributed by atoms with van der Waals surface area (Å²) in [5.41, 5.74) is 2.27. The van der Waals surface area contributed by atoms with E-state index in [9.17, 15) is 4.79 Å². The number of carbonyl (C=O) groups is 1. The normalized spacial score (nSPS) is 10.6. The quantitative estimate of drug-likeness (QED) is 0.521. The second-order valence-corrected chi connectivity index (χ2v) is 4.47. The minimum atomic E-state index is -0.488. The van der Waals surface area contributed by atoms with Gasteiger partial charge in [0.2, 0.25) is 0 Å². The first-order chi connectivity index (χ1) is 10.2. The van der Waals surface area contributed by atoms with Crippen LogP contribution in [-0.4, -0.2) is 29.8 Å². The van der Waals surface area contributed by atoms with E-state index < -0.39 is 5.91 Å². The van der Waals surface area contributed by atoms with Crippen LogP contribution in [-0.2, 0) is 4.79 Å². The van der Waals surface area contributed by atoms with Crippen LogP contribution >= 0.6 is 0 Å². The summed E-state index contributed by atoms with van der Waals surface area (Å²) in [7, 11) is 1.27. The number of rotatable bonds is 5. The van der Waals surface area contributed by atoms with E-state index in [0.717, 1.165) is 16.9 Å². The van der Waals surface area contributed by atoms with E-state index in [0.29, 0.717) is 5.06 Å². The fourth-order valence-electron chi connectivity index (χ4n) is 1.78. The van der Waals surface area contributed by atoms with Crippen molar-refractivity contribution in [3.8, 4) is 16.9 Å². The standard InChI is InChI=1S/C17H17NO3/c1-18(20)17(19)8-5-13-21-16-11-9-15(10-12-16)14-6-3-2-4-7-14/h2-12,20H,13H2,1H3. The molecular formula is C17H17NO3. The van der Waals surface area contributed by atoms with Crippen molar-refractivity contribution >= 4 is 5.91 Å². The molecule has 0 aromatic heterocycles. The number of amides is 1. The van der Waals surface area contributed by atoms with E-state index in [2.05, 4.69) is 12.1 Å². The van der Waals surface area contributed by atoms with Crippen molar-refractivity contribution in [2.24, 2.45) is 0 Å². The van der Waals surface area contributed by atoms with Crippen LogP contribution in [0.2, 0.25) is 0 Å². The van der Waals surface area contributed by atoms with Gasteiger partial charge in [-0.1, -0.05) is 42.5 Å². The third kappa shape index (κ3) is 4.47. The lowest BCUT2D eigenvalue weighted by Gasteiger charge is -2.06. The lowest BCUT2D eigenvalue weighted by atomic mass is 10.1. The van der Waals surface area contributed by atoms with Crippen molar-refractivity contribution in [3.05, 3.63) is 66.7 Å². The first kappa shape index (κ1) is 14.8. The van der Waals surface area contributed by atoms with Gasteiger partial charge in [0.05, 0.1) is 0 Å². The molecule has 0 aliphatic carbocycles. The lowest BCUT2D eigenvalue weighted by Crippen LogP contribution is -2.19. The van der Waals surface area contributed by atoms with Gasteiger partial charge in [-0.3, -0.25) is 10.0 Å². The van der Waals surface area contributed by atoms with Crippen molar-refractivity contribution in [3.63, 3.8) is 0 Å². The summed E-state index contributed by atoms with van der Waals surface area (Å²) in [5, 5.41) is 9.39. The number of nitrogens with zero attached hydrogens (tertiary/aromatic N) is 1. The third-order valence-electron chi connectivity index (χ3n) is 2.89. The van der Waals surface area contributed by atoms with Gasteiger partial charge in [-0.05, 0) is 29.3 Å². The maximum Gasteiger partial charge on any atom is 0.269 e. The zero-order valence-electron chi connectivity index (χ0n) is 11.8. The van der Waals surface area contributed by atoms with Crippen LogP contribution in [0.3, 0.4) is 0 Å². The Bertz CT molecular complexity index is 604. The van der Waals surface area contributed by atoms with Crippen LogP contribution in [0.15, 0.2) is 66.7 Å². The van der Waals surface area contributed by atoms with Crippen LogP contribution in [0.5, 0.6) is 5.75 Å². The Hall–Kier alpha value is -2.59. The molecule has 0 bridgehead atoms. The topological polar surface area (TPSA) is 49.8 Å². The molecule has 2 aromatic rings. The highest BCUT2D eigenvalue weighted by molar-refractivity contribution is 5.86. The monoisotopic (exact) mass is 283 g/mol. The summed E-state index contributed by atoms with van der Waals surface area (Å²) < 4.78 is 5.49. The molecule has 4 nitrogen and oxygen atoms in total. The molecule has 1 N–H and O–H groups in total. The van der Waals surface area contributed by atoms with Crippen LogP contribution < -0.4 is 4.74 Å². The Balaban J connectivity index is 1.90. The summed E-state index contributed by atoms with van der Waals surface area (Å²) in [6, 6.07) is 17.8. The number of carbonyl (C=O) groups excluding carboxylic acids is 1. The number of benzene rings is 2. The number of hydrogen-bond donors (Lipinski definition) is 1. The summed E-state index contributed by atoms with van der Waals surface area (Å²) >= 11 is 0. The van der Waals surface area contributed by atoms with Crippen LogP contribution in [0.4, 0.5) is 0 Å². The largest absolute Gasteiger partial charge is 0.490 e. The van der Waals surface area contributed by atoms with E-state index in [1.165, 1.54) is 13.1 Å². The Morgan fingerprint density at radius 3 is 2.33 bits per heavy atom. The highest BCUT2D eigenvalue weighted by Gasteiger charge is 1.99. The van der Waals surface area contributed by atoms with Gasteiger partial charge in [0.25, 0.3) is 5.91 Å². The number of hydrogen-bond acceptors (Lipinski definition) is 3. The van der Waals surface area contributed by atoms with Gasteiger partial charge in [-0.25, -0.2) is 5.06 Å². The highest BCUT2D eigenvalue weighted by Crippen LogP contribution is 2.21. The summed E-state index contributed by atoms with van der Waals surface area (Å²) in [4.78, 5) is 11.1.